The third-order valence-electron chi connectivity index (χ3n) is 5.35. The number of piperazine rings is 1. The molecule has 1 aromatic rings. The Morgan fingerprint density at radius 2 is 1.82 bits per heavy atom. The SMILES string of the molecule is CCCOc1ccc(N2C(=O)CC(NCCCN3CCN(C)CC3)C2=O)cc1. The maximum absolute atomic E-state index is 12.7. The number of nitrogens with one attached hydrogen (secondary N) is 1. The lowest BCUT2D eigenvalue weighted by Crippen LogP contribution is -2.45. The molecular weight excluding hydrogens is 356 g/mol. The predicted octanol–water partition coefficient (Wildman–Crippen LogP) is 1.33. The zero-order chi connectivity index (χ0) is 19.9. The van der Waals surface area contributed by atoms with Crippen LogP contribution in [0.5, 0.6) is 5.75 Å². The summed E-state index contributed by atoms with van der Waals surface area (Å²) in [6.45, 7) is 8.90. The van der Waals surface area contributed by atoms with E-state index in [0.29, 0.717) is 12.3 Å². The molecule has 2 aliphatic heterocycles. The molecule has 2 aliphatic rings. The number of hydrogen-bond donors (Lipinski definition) is 1. The van der Waals surface area contributed by atoms with Crippen molar-refractivity contribution in [3.05, 3.63) is 24.3 Å². The Morgan fingerprint density at radius 3 is 2.50 bits per heavy atom. The molecule has 1 atom stereocenters. The molecular formula is C21H32N4O3. The van der Waals surface area contributed by atoms with Crippen LogP contribution in [0, 0.1) is 0 Å². The molecule has 2 fully saturated rings. The Labute approximate surface area is 167 Å². The minimum atomic E-state index is -0.420. The summed E-state index contributed by atoms with van der Waals surface area (Å²) in [7, 11) is 2.15. The van der Waals surface area contributed by atoms with E-state index in [9.17, 15) is 9.59 Å². The van der Waals surface area contributed by atoms with E-state index in [1.165, 1.54) is 4.90 Å². The van der Waals surface area contributed by atoms with Crippen molar-refractivity contribution < 1.29 is 14.3 Å². The van der Waals surface area contributed by atoms with Gasteiger partial charge >= 0.3 is 0 Å². The van der Waals surface area contributed by atoms with E-state index in [1.54, 1.807) is 12.1 Å². The summed E-state index contributed by atoms with van der Waals surface area (Å²) < 4.78 is 5.56. The molecule has 0 spiro atoms. The number of rotatable bonds is 9. The first-order valence-corrected chi connectivity index (χ1v) is 10.3. The van der Waals surface area contributed by atoms with Crippen molar-refractivity contribution in [2.45, 2.75) is 32.2 Å². The van der Waals surface area contributed by atoms with Gasteiger partial charge < -0.3 is 19.9 Å². The van der Waals surface area contributed by atoms with E-state index in [1.807, 2.05) is 19.1 Å². The van der Waals surface area contributed by atoms with Crippen LogP contribution in [-0.2, 0) is 9.59 Å². The minimum absolute atomic E-state index is 0.149. The second-order valence-electron chi connectivity index (χ2n) is 7.62. The van der Waals surface area contributed by atoms with E-state index in [0.717, 1.165) is 57.9 Å². The molecule has 0 bridgehead atoms. The Kier molecular flexibility index (Phi) is 7.42. The molecule has 2 saturated heterocycles. The Bertz CT molecular complexity index is 656. The Balaban J connectivity index is 1.45. The number of amides is 2. The highest BCUT2D eigenvalue weighted by atomic mass is 16.5. The van der Waals surface area contributed by atoms with Crippen LogP contribution in [-0.4, -0.2) is 80.6 Å². The molecule has 1 N–H and O–H groups in total. The van der Waals surface area contributed by atoms with Crippen molar-refractivity contribution in [2.24, 2.45) is 0 Å². The number of likely N-dealkylation sites (N-methyl/N-ethyl adjacent to an activating group) is 1. The summed E-state index contributed by atoms with van der Waals surface area (Å²) in [4.78, 5) is 31.2. The van der Waals surface area contributed by atoms with Gasteiger partial charge in [0.25, 0.3) is 5.91 Å². The van der Waals surface area contributed by atoms with E-state index < -0.39 is 6.04 Å². The van der Waals surface area contributed by atoms with Crippen molar-refractivity contribution in [1.82, 2.24) is 15.1 Å². The zero-order valence-electron chi connectivity index (χ0n) is 17.0. The number of carbonyl (C=O) groups excluding carboxylic acids is 2. The fourth-order valence-corrected chi connectivity index (χ4v) is 3.62. The highest BCUT2D eigenvalue weighted by Crippen LogP contribution is 2.25. The van der Waals surface area contributed by atoms with Crippen molar-refractivity contribution in [3.63, 3.8) is 0 Å². The lowest BCUT2D eigenvalue weighted by molar-refractivity contribution is -0.121. The molecule has 3 rings (SSSR count). The first kappa shape index (κ1) is 20.8. The number of hydrogen-bond acceptors (Lipinski definition) is 6. The molecule has 0 aromatic heterocycles. The first-order chi connectivity index (χ1) is 13.6. The number of benzene rings is 1. The van der Waals surface area contributed by atoms with Crippen molar-refractivity contribution in [3.8, 4) is 5.75 Å². The second kappa shape index (κ2) is 10.0. The van der Waals surface area contributed by atoms with E-state index in [-0.39, 0.29) is 18.2 Å². The molecule has 154 valence electrons. The maximum Gasteiger partial charge on any atom is 0.251 e. The summed E-state index contributed by atoms with van der Waals surface area (Å²) in [6, 6.07) is 6.74. The average Bonchev–Trinajstić information content (AvgIpc) is 2.99. The van der Waals surface area contributed by atoms with E-state index in [2.05, 4.69) is 22.2 Å². The smallest absolute Gasteiger partial charge is 0.251 e. The summed E-state index contributed by atoms with van der Waals surface area (Å²) in [5.74, 6) is 0.443. The van der Waals surface area contributed by atoms with Gasteiger partial charge in [-0.2, -0.15) is 0 Å². The van der Waals surface area contributed by atoms with Gasteiger partial charge in [-0.1, -0.05) is 6.92 Å². The fraction of sp³-hybridized carbons (Fsp3) is 0.619. The standard InChI is InChI=1S/C21H32N4O3/c1-3-15-28-18-7-5-17(6-8-18)25-20(26)16-19(21(25)27)22-9-4-10-24-13-11-23(2)12-14-24/h5-8,19,22H,3-4,9-16H2,1-2H3. The molecule has 2 heterocycles. The molecule has 7 heteroatoms. The molecule has 2 amide bonds. The third-order valence-corrected chi connectivity index (χ3v) is 5.35. The van der Waals surface area contributed by atoms with Crippen LogP contribution >= 0.6 is 0 Å². The van der Waals surface area contributed by atoms with Gasteiger partial charge in [-0.3, -0.25) is 9.59 Å². The Morgan fingerprint density at radius 1 is 1.11 bits per heavy atom. The lowest BCUT2D eigenvalue weighted by atomic mass is 10.2. The summed E-state index contributed by atoms with van der Waals surface area (Å²) >= 11 is 0. The summed E-state index contributed by atoms with van der Waals surface area (Å²) in [5, 5.41) is 3.28. The average molecular weight is 389 g/mol. The van der Waals surface area contributed by atoms with Crippen LogP contribution in [0.15, 0.2) is 24.3 Å². The lowest BCUT2D eigenvalue weighted by Gasteiger charge is -2.32. The molecule has 1 unspecified atom stereocenters. The van der Waals surface area contributed by atoms with Crippen LogP contribution in [0.25, 0.3) is 0 Å². The van der Waals surface area contributed by atoms with Crippen LogP contribution in [0.4, 0.5) is 5.69 Å². The normalized spacial score (nSPS) is 21.5. The Hall–Kier alpha value is -1.96. The van der Waals surface area contributed by atoms with Crippen molar-refractivity contribution in [2.75, 3.05) is 57.8 Å². The third kappa shape index (κ3) is 5.31. The summed E-state index contributed by atoms with van der Waals surface area (Å²) in [6.07, 6.45) is 2.14. The van der Waals surface area contributed by atoms with Gasteiger partial charge in [0.05, 0.1) is 24.8 Å². The van der Waals surface area contributed by atoms with Crippen molar-refractivity contribution >= 4 is 17.5 Å². The van der Waals surface area contributed by atoms with Crippen LogP contribution in [0.1, 0.15) is 26.2 Å². The minimum Gasteiger partial charge on any atom is -0.494 e. The van der Waals surface area contributed by atoms with Gasteiger partial charge in [-0.15, -0.1) is 0 Å². The fourth-order valence-electron chi connectivity index (χ4n) is 3.62. The number of anilines is 1. The van der Waals surface area contributed by atoms with Gasteiger partial charge in [0, 0.05) is 26.2 Å². The topological polar surface area (TPSA) is 65.1 Å². The zero-order valence-corrected chi connectivity index (χ0v) is 17.0. The van der Waals surface area contributed by atoms with Gasteiger partial charge in [-0.25, -0.2) is 4.90 Å². The highest BCUT2D eigenvalue weighted by molar-refractivity contribution is 6.22. The highest BCUT2D eigenvalue weighted by Gasteiger charge is 2.39. The van der Waals surface area contributed by atoms with Gasteiger partial charge in [0.1, 0.15) is 5.75 Å². The molecule has 0 aliphatic carbocycles. The quantitative estimate of drug-likeness (QED) is 0.509. The number of ether oxygens (including phenoxy) is 1. The maximum atomic E-state index is 12.7. The summed E-state index contributed by atoms with van der Waals surface area (Å²) in [5.41, 5.74) is 0.612. The van der Waals surface area contributed by atoms with E-state index in [4.69, 9.17) is 4.74 Å². The van der Waals surface area contributed by atoms with E-state index >= 15 is 0 Å². The molecule has 0 radical (unpaired) electrons. The van der Waals surface area contributed by atoms with Crippen LogP contribution in [0.3, 0.4) is 0 Å². The van der Waals surface area contributed by atoms with Crippen molar-refractivity contribution in [1.29, 1.82) is 0 Å². The second-order valence-corrected chi connectivity index (χ2v) is 7.62. The van der Waals surface area contributed by atoms with Crippen LogP contribution < -0.4 is 15.0 Å². The van der Waals surface area contributed by atoms with Gasteiger partial charge in [0.15, 0.2) is 0 Å². The molecule has 1 aromatic carbocycles. The van der Waals surface area contributed by atoms with Crippen LogP contribution in [0.2, 0.25) is 0 Å². The largest absolute Gasteiger partial charge is 0.494 e. The monoisotopic (exact) mass is 388 g/mol. The molecule has 7 nitrogen and oxygen atoms in total. The number of carbonyl (C=O) groups is 2. The molecule has 0 saturated carbocycles. The molecule has 28 heavy (non-hydrogen) atoms. The van der Waals surface area contributed by atoms with Gasteiger partial charge in [0.2, 0.25) is 5.91 Å². The first-order valence-electron chi connectivity index (χ1n) is 10.3. The number of nitrogens with zero attached hydrogens (tertiary/aromatic N) is 3. The number of imide groups is 1. The predicted molar refractivity (Wildman–Crippen MR) is 110 cm³/mol. The van der Waals surface area contributed by atoms with Gasteiger partial charge in [-0.05, 0) is 57.2 Å².